The molecule has 0 spiro atoms. The average molecular weight is 231 g/mol. The molecule has 0 bridgehead atoms. The molecule has 2 rings (SSSR count). The molecule has 88 valence electrons. The third kappa shape index (κ3) is 2.13. The Bertz CT molecular complexity index is 586. The van der Waals surface area contributed by atoms with Gasteiger partial charge in [-0.1, -0.05) is 18.2 Å². The summed E-state index contributed by atoms with van der Waals surface area (Å²) in [6, 6.07) is 7.83. The van der Waals surface area contributed by atoms with Crippen LogP contribution in [0.25, 0.3) is 10.9 Å². The number of nitrogens with zero attached hydrogens (tertiary/aromatic N) is 2. The number of hydrazone groups is 1. The summed E-state index contributed by atoms with van der Waals surface area (Å²) < 4.78 is 0. The molecule has 0 aliphatic heterocycles. The van der Waals surface area contributed by atoms with Crippen molar-refractivity contribution >= 4 is 23.2 Å². The van der Waals surface area contributed by atoms with Crippen LogP contribution in [0.15, 0.2) is 29.4 Å². The molecular weight excluding hydrogens is 218 g/mol. The number of fused-ring (bicyclic) bond motifs is 1. The molecule has 1 heterocycles. The van der Waals surface area contributed by atoms with Crippen molar-refractivity contribution in [1.29, 1.82) is 0 Å². The predicted octanol–water partition coefficient (Wildman–Crippen LogP) is 2.42. The van der Waals surface area contributed by atoms with Gasteiger partial charge >= 0.3 is 6.09 Å². The number of aryl methyl sites for hydroxylation is 1. The lowest BCUT2D eigenvalue weighted by atomic mass is 10.1. The summed E-state index contributed by atoms with van der Waals surface area (Å²) in [6.45, 7) is 1.93. The SMILES string of the molecule is Cc1[nH]c2ccccc2c1/C=N\N(C)C(=O)O. The molecule has 0 aliphatic rings. The zero-order valence-electron chi connectivity index (χ0n) is 9.64. The Hall–Kier alpha value is -2.30. The first-order chi connectivity index (χ1) is 8.09. The number of H-pyrrole nitrogens is 1. The highest BCUT2D eigenvalue weighted by Crippen LogP contribution is 2.19. The fourth-order valence-corrected chi connectivity index (χ4v) is 1.66. The average Bonchev–Trinajstić information content (AvgIpc) is 2.61. The number of benzene rings is 1. The van der Waals surface area contributed by atoms with Crippen molar-refractivity contribution in [3.8, 4) is 0 Å². The van der Waals surface area contributed by atoms with Gasteiger partial charge in [0, 0.05) is 29.2 Å². The molecule has 5 nitrogen and oxygen atoms in total. The van der Waals surface area contributed by atoms with Crippen LogP contribution >= 0.6 is 0 Å². The quantitative estimate of drug-likeness (QED) is 0.615. The van der Waals surface area contributed by atoms with Crippen LogP contribution in [0.2, 0.25) is 0 Å². The van der Waals surface area contributed by atoms with E-state index in [4.69, 9.17) is 5.11 Å². The monoisotopic (exact) mass is 231 g/mol. The second-order valence-corrected chi connectivity index (χ2v) is 3.76. The Morgan fingerprint density at radius 2 is 2.18 bits per heavy atom. The van der Waals surface area contributed by atoms with Gasteiger partial charge in [-0.15, -0.1) is 0 Å². The standard InChI is InChI=1S/C12H13N3O2/c1-8-10(7-13-15(2)12(16)17)9-5-3-4-6-11(9)14-8/h3-7,14H,1-2H3,(H,16,17)/b13-7-. The molecule has 2 aromatic rings. The van der Waals surface area contributed by atoms with E-state index in [2.05, 4.69) is 10.1 Å². The molecule has 1 amide bonds. The van der Waals surface area contributed by atoms with Gasteiger partial charge in [-0.05, 0) is 13.0 Å². The molecule has 0 saturated heterocycles. The van der Waals surface area contributed by atoms with Crippen molar-refractivity contribution in [2.24, 2.45) is 5.10 Å². The van der Waals surface area contributed by atoms with Gasteiger partial charge in [-0.3, -0.25) is 0 Å². The van der Waals surface area contributed by atoms with Gasteiger partial charge < -0.3 is 10.1 Å². The molecule has 0 atom stereocenters. The van der Waals surface area contributed by atoms with Crippen molar-refractivity contribution in [2.45, 2.75) is 6.92 Å². The number of carbonyl (C=O) groups is 1. The molecule has 0 aliphatic carbocycles. The minimum absolute atomic E-state index is 0.876. The smallest absolute Gasteiger partial charge is 0.427 e. The molecule has 0 radical (unpaired) electrons. The van der Waals surface area contributed by atoms with Crippen LogP contribution in [-0.2, 0) is 0 Å². The van der Waals surface area contributed by atoms with E-state index in [0.29, 0.717) is 0 Å². The number of carboxylic acid groups (broad SMARTS) is 1. The largest absolute Gasteiger partial charge is 0.464 e. The second kappa shape index (κ2) is 4.29. The molecule has 0 unspecified atom stereocenters. The zero-order valence-corrected chi connectivity index (χ0v) is 9.64. The van der Waals surface area contributed by atoms with Crippen LogP contribution in [0.5, 0.6) is 0 Å². The summed E-state index contributed by atoms with van der Waals surface area (Å²) in [5, 5.41) is 14.5. The lowest BCUT2D eigenvalue weighted by Gasteiger charge is -2.03. The minimum Gasteiger partial charge on any atom is -0.464 e. The van der Waals surface area contributed by atoms with Crippen molar-refractivity contribution in [2.75, 3.05) is 7.05 Å². The Balaban J connectivity index is 2.42. The minimum atomic E-state index is -1.08. The molecule has 5 heteroatoms. The summed E-state index contributed by atoms with van der Waals surface area (Å²) in [7, 11) is 1.39. The van der Waals surface area contributed by atoms with Gasteiger partial charge in [0.15, 0.2) is 0 Å². The van der Waals surface area contributed by atoms with Gasteiger partial charge in [0.2, 0.25) is 0 Å². The highest BCUT2D eigenvalue weighted by atomic mass is 16.4. The lowest BCUT2D eigenvalue weighted by Crippen LogP contribution is -2.18. The number of para-hydroxylation sites is 1. The summed E-state index contributed by atoms with van der Waals surface area (Å²) in [5.74, 6) is 0. The Kier molecular flexibility index (Phi) is 2.82. The van der Waals surface area contributed by atoms with Crippen molar-refractivity contribution in [1.82, 2.24) is 9.99 Å². The van der Waals surface area contributed by atoms with E-state index >= 15 is 0 Å². The molecule has 1 aromatic carbocycles. The van der Waals surface area contributed by atoms with Crippen LogP contribution in [0.3, 0.4) is 0 Å². The number of hydrogen-bond acceptors (Lipinski definition) is 2. The molecule has 2 N–H and O–H groups in total. The van der Waals surface area contributed by atoms with Crippen LogP contribution < -0.4 is 0 Å². The number of nitrogens with one attached hydrogen (secondary N) is 1. The van der Waals surface area contributed by atoms with Crippen molar-refractivity contribution in [3.63, 3.8) is 0 Å². The van der Waals surface area contributed by atoms with E-state index in [0.717, 1.165) is 27.2 Å². The Morgan fingerprint density at radius 1 is 1.47 bits per heavy atom. The number of hydrogen-bond donors (Lipinski definition) is 2. The molecule has 1 aromatic heterocycles. The summed E-state index contributed by atoms with van der Waals surface area (Å²) in [5.41, 5.74) is 2.90. The lowest BCUT2D eigenvalue weighted by molar-refractivity contribution is 0.158. The molecular formula is C12H13N3O2. The molecule has 17 heavy (non-hydrogen) atoms. The van der Waals surface area contributed by atoms with Crippen molar-refractivity contribution in [3.05, 3.63) is 35.5 Å². The van der Waals surface area contributed by atoms with Crippen LogP contribution in [0.4, 0.5) is 4.79 Å². The van der Waals surface area contributed by atoms with Gasteiger partial charge in [-0.2, -0.15) is 5.10 Å². The van der Waals surface area contributed by atoms with E-state index in [1.54, 1.807) is 6.21 Å². The van der Waals surface area contributed by atoms with Gasteiger partial charge in [-0.25, -0.2) is 9.80 Å². The highest BCUT2D eigenvalue weighted by Gasteiger charge is 2.06. The van der Waals surface area contributed by atoms with E-state index in [9.17, 15) is 4.79 Å². The Labute approximate surface area is 98.4 Å². The van der Waals surface area contributed by atoms with E-state index in [1.807, 2.05) is 31.2 Å². The van der Waals surface area contributed by atoms with Crippen LogP contribution in [0.1, 0.15) is 11.3 Å². The summed E-state index contributed by atoms with van der Waals surface area (Å²) in [6.07, 6.45) is 0.473. The number of amides is 1. The predicted molar refractivity (Wildman–Crippen MR) is 66.4 cm³/mol. The van der Waals surface area contributed by atoms with Crippen LogP contribution in [-0.4, -0.2) is 34.5 Å². The number of aromatic nitrogens is 1. The maximum atomic E-state index is 10.6. The third-order valence-electron chi connectivity index (χ3n) is 2.58. The first kappa shape index (κ1) is 11.2. The second-order valence-electron chi connectivity index (χ2n) is 3.76. The van der Waals surface area contributed by atoms with Crippen LogP contribution in [0, 0.1) is 6.92 Å². The van der Waals surface area contributed by atoms with Gasteiger partial charge in [0.1, 0.15) is 0 Å². The maximum Gasteiger partial charge on any atom is 0.427 e. The molecule has 0 saturated carbocycles. The normalized spacial score (nSPS) is 11.2. The van der Waals surface area contributed by atoms with E-state index < -0.39 is 6.09 Å². The number of aromatic amines is 1. The number of rotatable bonds is 2. The maximum absolute atomic E-state index is 10.6. The van der Waals surface area contributed by atoms with E-state index in [-0.39, 0.29) is 0 Å². The summed E-state index contributed by atoms with van der Waals surface area (Å²) in [4.78, 5) is 13.8. The Morgan fingerprint density at radius 3 is 2.88 bits per heavy atom. The zero-order chi connectivity index (χ0) is 12.4. The first-order valence-electron chi connectivity index (χ1n) is 5.17. The third-order valence-corrected chi connectivity index (χ3v) is 2.58. The van der Waals surface area contributed by atoms with Gasteiger partial charge in [0.05, 0.1) is 6.21 Å². The fraction of sp³-hybridized carbons (Fsp3) is 0.167. The summed E-state index contributed by atoms with van der Waals surface area (Å²) >= 11 is 0. The van der Waals surface area contributed by atoms with Gasteiger partial charge in [0.25, 0.3) is 0 Å². The van der Waals surface area contributed by atoms with E-state index in [1.165, 1.54) is 7.05 Å². The first-order valence-corrected chi connectivity index (χ1v) is 5.17. The topological polar surface area (TPSA) is 68.7 Å². The molecule has 0 fully saturated rings. The highest BCUT2D eigenvalue weighted by molar-refractivity contribution is 6.00. The fourth-order valence-electron chi connectivity index (χ4n) is 1.66. The van der Waals surface area contributed by atoms with Crippen molar-refractivity contribution < 1.29 is 9.90 Å².